The molecule has 1 unspecified atom stereocenters. The molecule has 32 heavy (non-hydrogen) atoms. The number of hydrogen-bond donors (Lipinski definition) is 2. The van der Waals surface area contributed by atoms with Crippen molar-refractivity contribution in [1.82, 2.24) is 10.2 Å². The molecule has 2 N–H and O–H groups in total. The average molecular weight is 444 g/mol. The fourth-order valence-electron chi connectivity index (χ4n) is 7.72. The number of carbonyl (C=O) groups is 3. The van der Waals surface area contributed by atoms with Gasteiger partial charge in [0.15, 0.2) is 6.61 Å². The van der Waals surface area contributed by atoms with Gasteiger partial charge in [0.1, 0.15) is 11.6 Å². The molecule has 0 radical (unpaired) electrons. The molecule has 1 heterocycles. The molecule has 8 nitrogen and oxygen atoms in total. The van der Waals surface area contributed by atoms with Crippen molar-refractivity contribution < 1.29 is 24.2 Å². The standard InChI is InChI=1S/C24H33N3O5/c25-14-24(3-1-2-4-24)26-20(29)13-32-21(30)19-8-18(28)12-27(19)22(31)23-9-15-5-16(10-23)7-17(6-15)11-23/h15-19,28H,1-13H2,(H,26,29)/t15?,16?,17?,18?,19-,23?/m0/s1. The Morgan fingerprint density at radius 2 is 1.62 bits per heavy atom. The van der Waals surface area contributed by atoms with Crippen LogP contribution < -0.4 is 5.32 Å². The zero-order chi connectivity index (χ0) is 22.5. The zero-order valence-corrected chi connectivity index (χ0v) is 18.6. The van der Waals surface area contributed by atoms with Crippen molar-refractivity contribution in [2.75, 3.05) is 13.2 Å². The first-order valence-electron chi connectivity index (χ1n) is 12.2. The van der Waals surface area contributed by atoms with Crippen molar-refractivity contribution in [2.24, 2.45) is 23.2 Å². The lowest BCUT2D eigenvalue weighted by Gasteiger charge is -2.56. The summed E-state index contributed by atoms with van der Waals surface area (Å²) in [6.45, 7) is -0.335. The zero-order valence-electron chi connectivity index (χ0n) is 18.6. The van der Waals surface area contributed by atoms with Gasteiger partial charge in [-0.05, 0) is 82.0 Å². The van der Waals surface area contributed by atoms with E-state index in [1.165, 1.54) is 24.2 Å². The first-order chi connectivity index (χ1) is 15.3. The summed E-state index contributed by atoms with van der Waals surface area (Å²) in [6, 6.07) is 1.33. The molecule has 8 heteroatoms. The minimum absolute atomic E-state index is 0.00561. The second-order valence-corrected chi connectivity index (χ2v) is 11.1. The summed E-state index contributed by atoms with van der Waals surface area (Å²) in [4.78, 5) is 40.4. The average Bonchev–Trinajstić information content (AvgIpc) is 3.37. The first-order valence-corrected chi connectivity index (χ1v) is 12.2. The second kappa shape index (κ2) is 8.02. The Kier molecular flexibility index (Phi) is 5.43. The largest absolute Gasteiger partial charge is 0.454 e. The van der Waals surface area contributed by atoms with Gasteiger partial charge in [0.05, 0.1) is 17.6 Å². The molecule has 1 saturated heterocycles. The van der Waals surface area contributed by atoms with E-state index in [2.05, 4.69) is 11.4 Å². The lowest BCUT2D eigenvalue weighted by Crippen LogP contribution is -2.56. The quantitative estimate of drug-likeness (QED) is 0.624. The maximum atomic E-state index is 13.7. The number of esters is 1. The third-order valence-electron chi connectivity index (χ3n) is 8.70. The van der Waals surface area contributed by atoms with Crippen molar-refractivity contribution in [1.29, 1.82) is 5.26 Å². The Morgan fingerprint density at radius 3 is 2.19 bits per heavy atom. The third kappa shape index (κ3) is 3.79. The fourth-order valence-corrected chi connectivity index (χ4v) is 7.72. The van der Waals surface area contributed by atoms with E-state index in [0.29, 0.717) is 30.6 Å². The highest BCUT2D eigenvalue weighted by molar-refractivity contribution is 5.90. The molecule has 2 amide bonds. The van der Waals surface area contributed by atoms with Crippen molar-refractivity contribution in [3.8, 4) is 6.07 Å². The number of carbonyl (C=O) groups excluding carboxylic acids is 3. The van der Waals surface area contributed by atoms with Crippen LogP contribution in [0.1, 0.15) is 70.6 Å². The van der Waals surface area contributed by atoms with E-state index in [9.17, 15) is 24.8 Å². The Balaban J connectivity index is 1.22. The van der Waals surface area contributed by atoms with Gasteiger partial charge in [0, 0.05) is 13.0 Å². The Morgan fingerprint density at radius 1 is 1.03 bits per heavy atom. The van der Waals surface area contributed by atoms with Crippen molar-refractivity contribution in [2.45, 2.75) is 88.3 Å². The molecule has 174 valence electrons. The van der Waals surface area contributed by atoms with Crippen LogP contribution in [0, 0.1) is 34.5 Å². The summed E-state index contributed by atoms with van der Waals surface area (Å²) in [5.41, 5.74) is -1.26. The number of aliphatic hydroxyl groups is 1. The van der Waals surface area contributed by atoms with Gasteiger partial charge in [-0.15, -0.1) is 0 Å². The van der Waals surface area contributed by atoms with Gasteiger partial charge in [0.2, 0.25) is 5.91 Å². The fraction of sp³-hybridized carbons (Fsp3) is 0.833. The Bertz CT molecular complexity index is 808. The van der Waals surface area contributed by atoms with Crippen LogP contribution in [0.25, 0.3) is 0 Å². The van der Waals surface area contributed by atoms with E-state index in [1.54, 1.807) is 0 Å². The predicted molar refractivity (Wildman–Crippen MR) is 113 cm³/mol. The Labute approximate surface area is 188 Å². The van der Waals surface area contributed by atoms with Crippen LogP contribution in [-0.2, 0) is 19.1 Å². The highest BCUT2D eigenvalue weighted by atomic mass is 16.5. The van der Waals surface area contributed by atoms with Crippen LogP contribution in [0.4, 0.5) is 0 Å². The maximum Gasteiger partial charge on any atom is 0.329 e. The molecule has 4 bridgehead atoms. The van der Waals surface area contributed by atoms with E-state index < -0.39 is 41.6 Å². The van der Waals surface area contributed by atoms with Crippen LogP contribution in [0.5, 0.6) is 0 Å². The van der Waals surface area contributed by atoms with Gasteiger partial charge >= 0.3 is 5.97 Å². The van der Waals surface area contributed by atoms with Gasteiger partial charge in [-0.2, -0.15) is 5.26 Å². The summed E-state index contributed by atoms with van der Waals surface area (Å²) < 4.78 is 5.27. The summed E-state index contributed by atoms with van der Waals surface area (Å²) in [5, 5.41) is 22.4. The smallest absolute Gasteiger partial charge is 0.329 e. The molecule has 0 aromatic heterocycles. The number of hydrogen-bond acceptors (Lipinski definition) is 6. The number of ether oxygens (including phenoxy) is 1. The number of nitrogens with one attached hydrogen (secondary N) is 1. The molecular weight excluding hydrogens is 410 g/mol. The van der Waals surface area contributed by atoms with Crippen LogP contribution in [0.3, 0.4) is 0 Å². The van der Waals surface area contributed by atoms with Gasteiger partial charge in [-0.1, -0.05) is 0 Å². The Hall–Kier alpha value is -2.14. The van der Waals surface area contributed by atoms with Crippen molar-refractivity contribution in [3.05, 3.63) is 0 Å². The minimum Gasteiger partial charge on any atom is -0.454 e. The number of amides is 2. The molecule has 5 saturated carbocycles. The van der Waals surface area contributed by atoms with Gasteiger partial charge in [-0.3, -0.25) is 9.59 Å². The molecule has 5 aliphatic carbocycles. The molecule has 6 rings (SSSR count). The molecule has 1 aliphatic heterocycles. The topological polar surface area (TPSA) is 120 Å². The molecule has 2 atom stereocenters. The monoisotopic (exact) mass is 443 g/mol. The molecule has 0 aromatic carbocycles. The van der Waals surface area contributed by atoms with E-state index in [0.717, 1.165) is 32.1 Å². The first kappa shape index (κ1) is 21.7. The maximum absolute atomic E-state index is 13.7. The van der Waals surface area contributed by atoms with Crippen molar-refractivity contribution in [3.63, 3.8) is 0 Å². The number of β-amino-alcohol motifs (C(OH)–C–C–N with tert-alkyl or cyclic N) is 1. The highest BCUT2D eigenvalue weighted by Crippen LogP contribution is 2.60. The van der Waals surface area contributed by atoms with Crippen LogP contribution in [-0.4, -0.2) is 58.6 Å². The molecular formula is C24H33N3O5. The lowest BCUT2D eigenvalue weighted by molar-refractivity contribution is -0.166. The number of nitrogens with zero attached hydrogens (tertiary/aromatic N) is 2. The summed E-state index contributed by atoms with van der Waals surface area (Å²) in [5.74, 6) is 0.667. The predicted octanol–water partition coefficient (Wildman–Crippen LogP) is 1.66. The van der Waals surface area contributed by atoms with Crippen LogP contribution in [0.15, 0.2) is 0 Å². The molecule has 6 aliphatic rings. The summed E-state index contributed by atoms with van der Waals surface area (Å²) in [7, 11) is 0. The minimum atomic E-state index is -0.868. The molecule has 0 spiro atoms. The van der Waals surface area contributed by atoms with E-state index in [-0.39, 0.29) is 18.9 Å². The summed E-state index contributed by atoms with van der Waals surface area (Å²) >= 11 is 0. The molecule has 0 aromatic rings. The number of likely N-dealkylation sites (tertiary alicyclic amines) is 1. The SMILES string of the molecule is N#CC1(NC(=O)COC(=O)[C@@H]2CC(O)CN2C(=O)C23CC4CC(CC(C4)C2)C3)CCCC1. The highest BCUT2D eigenvalue weighted by Gasteiger charge is 2.57. The van der Waals surface area contributed by atoms with Crippen LogP contribution in [0.2, 0.25) is 0 Å². The van der Waals surface area contributed by atoms with Gasteiger partial charge < -0.3 is 20.1 Å². The van der Waals surface area contributed by atoms with Gasteiger partial charge in [-0.25, -0.2) is 4.79 Å². The number of rotatable bonds is 5. The van der Waals surface area contributed by atoms with Gasteiger partial charge in [0.25, 0.3) is 5.91 Å². The lowest BCUT2D eigenvalue weighted by atomic mass is 9.49. The van der Waals surface area contributed by atoms with Crippen LogP contribution >= 0.6 is 0 Å². The van der Waals surface area contributed by atoms with Crippen molar-refractivity contribution >= 4 is 17.8 Å². The normalized spacial score (nSPS) is 39.0. The third-order valence-corrected chi connectivity index (χ3v) is 8.70. The van der Waals surface area contributed by atoms with E-state index in [1.807, 2.05) is 0 Å². The summed E-state index contributed by atoms with van der Waals surface area (Å²) in [6.07, 6.45) is 8.70. The number of nitriles is 1. The van der Waals surface area contributed by atoms with E-state index in [4.69, 9.17) is 4.74 Å². The molecule has 6 fully saturated rings. The number of aliphatic hydroxyl groups excluding tert-OH is 1. The second-order valence-electron chi connectivity index (χ2n) is 11.1. The van der Waals surface area contributed by atoms with E-state index >= 15 is 0 Å².